The van der Waals surface area contributed by atoms with Crippen molar-refractivity contribution in [2.75, 3.05) is 0 Å². The number of quaternary nitrogens is 1. The van der Waals surface area contributed by atoms with Crippen molar-refractivity contribution in [1.29, 1.82) is 0 Å². The molecule has 0 fully saturated rings. The molecule has 0 heterocycles. The maximum Gasteiger partial charge on any atom is -0.369 e. The smallest absolute Gasteiger partial charge is 0.369 e. The van der Waals surface area contributed by atoms with Gasteiger partial charge in [-0.15, -0.1) is 0 Å². The second-order valence-electron chi connectivity index (χ2n) is 0.476. The van der Waals surface area contributed by atoms with Crippen molar-refractivity contribution in [3.05, 3.63) is 0 Å². The normalized spacial score (nSPS) is 16.4. The molecule has 0 amide bonds. The monoisotopic (exact) mass is 296 g/mol. The van der Waals surface area contributed by atoms with Crippen molar-refractivity contribution >= 4 is 48.5 Å². The predicted octanol–water partition coefficient (Wildman–Crippen LogP) is 3.82. The SMILES string of the molecule is [Cl][Rh-]([Cl])([Cl])([Cl])[Cl].[NH4+]. The molecule has 7 heavy (non-hydrogen) atoms. The third-order valence-corrected chi connectivity index (χ3v) is 0. The van der Waals surface area contributed by atoms with Crippen molar-refractivity contribution in [3.8, 4) is 0 Å². The molecule has 0 saturated carbocycles. The average Bonchev–Trinajstić information content (AvgIpc) is 0.650. The van der Waals surface area contributed by atoms with Gasteiger partial charge in [-0.3, -0.25) is 0 Å². The Morgan fingerprint density at radius 2 is 0.714 bits per heavy atom. The predicted molar refractivity (Wildman–Crippen MR) is 35.2 cm³/mol. The zero-order valence-corrected chi connectivity index (χ0v) is 8.64. The van der Waals surface area contributed by atoms with Gasteiger partial charge in [0.15, 0.2) is 0 Å². The van der Waals surface area contributed by atoms with Gasteiger partial charge in [0.2, 0.25) is 0 Å². The van der Waals surface area contributed by atoms with E-state index in [0.717, 1.165) is 0 Å². The minimum absolute atomic E-state index is 0. The molecule has 0 spiro atoms. The van der Waals surface area contributed by atoms with Crippen molar-refractivity contribution in [3.63, 3.8) is 0 Å². The van der Waals surface area contributed by atoms with E-state index in [1.54, 1.807) is 0 Å². The van der Waals surface area contributed by atoms with Gasteiger partial charge in [-0.1, -0.05) is 0 Å². The third kappa shape index (κ3) is 70.7. The van der Waals surface area contributed by atoms with Gasteiger partial charge >= 0.3 is 57.1 Å². The van der Waals surface area contributed by atoms with E-state index in [1.165, 1.54) is 0 Å². The molecule has 53 valence electrons. The molecule has 0 radical (unpaired) electrons. The number of hydrogen-bond acceptors (Lipinski definition) is 0. The Morgan fingerprint density at radius 3 is 0.714 bits per heavy atom. The van der Waals surface area contributed by atoms with E-state index in [9.17, 15) is 0 Å². The molecule has 0 unspecified atom stereocenters. The van der Waals surface area contributed by atoms with Crippen LogP contribution < -0.4 is 6.15 Å². The van der Waals surface area contributed by atoms with E-state index >= 15 is 0 Å². The molecular formula is H4Cl5NRh. The van der Waals surface area contributed by atoms with E-state index in [1.807, 2.05) is 0 Å². The summed E-state index contributed by atoms with van der Waals surface area (Å²) in [6.07, 6.45) is 0. The van der Waals surface area contributed by atoms with E-state index in [0.29, 0.717) is 0 Å². The van der Waals surface area contributed by atoms with Gasteiger partial charge in [0.1, 0.15) is 0 Å². The molecule has 0 aromatic carbocycles. The summed E-state index contributed by atoms with van der Waals surface area (Å²) in [5, 5.41) is 0. The summed E-state index contributed by atoms with van der Waals surface area (Å²) >= 11 is 0. The Hall–Kier alpha value is 2.03. The Bertz CT molecular complexity index is 41.3. The van der Waals surface area contributed by atoms with Crippen LogP contribution in [0.4, 0.5) is 0 Å². The maximum absolute atomic E-state index is 5.02. The molecular weight excluding hydrogens is 294 g/mol. The van der Waals surface area contributed by atoms with Crippen LogP contribution in [-0.4, -0.2) is 0 Å². The number of hydrogen-bond donors (Lipinski definition) is 1. The molecule has 4 N–H and O–H groups in total. The summed E-state index contributed by atoms with van der Waals surface area (Å²) in [5.74, 6) is 0. The van der Waals surface area contributed by atoms with Crippen molar-refractivity contribution < 1.29 is 8.65 Å². The van der Waals surface area contributed by atoms with Gasteiger partial charge in [-0.2, -0.15) is 0 Å². The second-order valence-corrected chi connectivity index (χ2v) is 25.4. The van der Waals surface area contributed by atoms with Crippen LogP contribution in [0.1, 0.15) is 0 Å². The Labute approximate surface area is 62.7 Å². The zero-order valence-electron chi connectivity index (χ0n) is 3.22. The molecule has 1 nitrogen and oxygen atoms in total. The third-order valence-electron chi connectivity index (χ3n) is 0. The molecule has 0 saturated heterocycles. The standard InChI is InChI=1S/5ClH.H3N.Rh/h5*1H;1H3;/q;;;;;;+4/p-4. The molecule has 0 aromatic rings. The van der Waals surface area contributed by atoms with Gasteiger partial charge in [-0.05, 0) is 0 Å². The molecule has 0 aromatic heterocycles. The molecule has 0 aliphatic carbocycles. The minimum atomic E-state index is -4.04. The van der Waals surface area contributed by atoms with Crippen LogP contribution in [-0.2, 0) is 8.65 Å². The van der Waals surface area contributed by atoms with Crippen molar-refractivity contribution in [2.45, 2.75) is 0 Å². The van der Waals surface area contributed by atoms with Crippen molar-refractivity contribution in [2.24, 2.45) is 0 Å². The summed E-state index contributed by atoms with van der Waals surface area (Å²) < 4.78 is 0. The van der Waals surface area contributed by atoms with Gasteiger partial charge in [-0.25, -0.2) is 0 Å². The summed E-state index contributed by atoms with van der Waals surface area (Å²) in [5.41, 5.74) is 0. The van der Waals surface area contributed by atoms with Crippen LogP contribution in [0.25, 0.3) is 0 Å². The van der Waals surface area contributed by atoms with Crippen LogP contribution >= 0.6 is 48.5 Å². The summed E-state index contributed by atoms with van der Waals surface area (Å²) in [6, 6.07) is 0. The quantitative estimate of drug-likeness (QED) is 0.660. The summed E-state index contributed by atoms with van der Waals surface area (Å²) in [6.45, 7) is 0. The largest absolute Gasteiger partial charge is 0.369 e. The fourth-order valence-electron chi connectivity index (χ4n) is 0. The molecule has 0 atom stereocenters. The summed E-state index contributed by atoms with van der Waals surface area (Å²) in [7, 11) is 21.0. The van der Waals surface area contributed by atoms with Crippen LogP contribution in [0.3, 0.4) is 0 Å². The van der Waals surface area contributed by atoms with E-state index in [2.05, 4.69) is 0 Å². The topological polar surface area (TPSA) is 36.5 Å². The maximum atomic E-state index is 5.02. The van der Waals surface area contributed by atoms with E-state index in [4.69, 9.17) is 48.5 Å². The zero-order chi connectivity index (χ0) is 5.45. The first-order valence-electron chi connectivity index (χ1n) is 0.630. The molecule has 7 heteroatoms. The summed E-state index contributed by atoms with van der Waals surface area (Å²) in [4.78, 5) is 0. The van der Waals surface area contributed by atoms with Crippen LogP contribution in [0.5, 0.6) is 0 Å². The van der Waals surface area contributed by atoms with E-state index < -0.39 is 8.65 Å². The molecule has 0 aliphatic rings. The average molecular weight is 298 g/mol. The van der Waals surface area contributed by atoms with E-state index in [-0.39, 0.29) is 6.15 Å². The van der Waals surface area contributed by atoms with Gasteiger partial charge in [0.05, 0.1) is 0 Å². The number of rotatable bonds is 0. The van der Waals surface area contributed by atoms with Gasteiger partial charge in [0.25, 0.3) is 0 Å². The Kier molecular flexibility index (Phi) is 4.62. The second kappa shape index (κ2) is 2.74. The Balaban J connectivity index is 0. The van der Waals surface area contributed by atoms with Gasteiger partial charge in [0, 0.05) is 0 Å². The molecule has 0 aliphatic heterocycles. The number of halogens is 5. The first kappa shape index (κ1) is 11.8. The van der Waals surface area contributed by atoms with Crippen molar-refractivity contribution in [1.82, 2.24) is 6.15 Å². The van der Waals surface area contributed by atoms with Crippen LogP contribution in [0.15, 0.2) is 0 Å². The molecule has 0 bridgehead atoms. The first-order chi connectivity index (χ1) is 2.24. The minimum Gasteiger partial charge on any atom is -0.369 e. The van der Waals surface area contributed by atoms with Gasteiger partial charge < -0.3 is 6.15 Å². The molecule has 0 rings (SSSR count). The first-order valence-corrected chi connectivity index (χ1v) is 11.2. The fourth-order valence-corrected chi connectivity index (χ4v) is 0. The van der Waals surface area contributed by atoms with Crippen LogP contribution in [0, 0.1) is 0 Å². The fraction of sp³-hybridized carbons (Fsp3) is 0. The Morgan fingerprint density at radius 1 is 0.714 bits per heavy atom. The van der Waals surface area contributed by atoms with Crippen LogP contribution in [0.2, 0.25) is 0 Å².